The van der Waals surface area contributed by atoms with Gasteiger partial charge >= 0.3 is 0 Å². The lowest BCUT2D eigenvalue weighted by atomic mass is 9.89. The van der Waals surface area contributed by atoms with Crippen LogP contribution in [0, 0.1) is 11.3 Å². The van der Waals surface area contributed by atoms with Crippen LogP contribution in [0.5, 0.6) is 11.6 Å². The van der Waals surface area contributed by atoms with E-state index >= 15 is 0 Å². The Morgan fingerprint density at radius 1 is 0.980 bits per heavy atom. The number of ether oxygens (including phenoxy) is 3. The molecular weight excluding hydrogens is 646 g/mol. The highest BCUT2D eigenvalue weighted by atomic mass is 16.5. The van der Waals surface area contributed by atoms with Gasteiger partial charge in [0.05, 0.1) is 36.6 Å². The van der Waals surface area contributed by atoms with Gasteiger partial charge in [-0.05, 0) is 80.1 Å². The SMILES string of the molecule is C[C@@H]1CN([C@H]2CC[C@H](n3cc(Nc4ncc(-c5ccc(C#N)c(O[C@@H](C)Cn6cnnn6)c5)cn4)c(OCc4ccccc4)n3)CC2)C[C@H](C)O1. The summed E-state index contributed by atoms with van der Waals surface area (Å²) in [6.07, 6.45) is 11.6. The number of tetrazole rings is 1. The summed E-state index contributed by atoms with van der Waals surface area (Å²) in [4.78, 5) is 11.9. The fraction of sp³-hybridized carbons (Fsp3) is 0.432. The van der Waals surface area contributed by atoms with Crippen LogP contribution in [0.4, 0.5) is 11.6 Å². The first-order valence-electron chi connectivity index (χ1n) is 17.6. The van der Waals surface area contributed by atoms with Gasteiger partial charge in [0.15, 0.2) is 0 Å². The van der Waals surface area contributed by atoms with E-state index in [0.717, 1.165) is 55.5 Å². The van der Waals surface area contributed by atoms with E-state index in [-0.39, 0.29) is 24.4 Å². The summed E-state index contributed by atoms with van der Waals surface area (Å²) in [6, 6.07) is 18.5. The molecular formula is C37H43N11O3. The fourth-order valence-corrected chi connectivity index (χ4v) is 7.02. The van der Waals surface area contributed by atoms with Crippen LogP contribution >= 0.6 is 0 Å². The second-order valence-corrected chi connectivity index (χ2v) is 13.5. The zero-order valence-corrected chi connectivity index (χ0v) is 29.2. The molecule has 1 N–H and O–H groups in total. The highest BCUT2D eigenvalue weighted by molar-refractivity contribution is 5.67. The summed E-state index contributed by atoms with van der Waals surface area (Å²) in [5, 5.41) is 29.2. The van der Waals surface area contributed by atoms with Crippen molar-refractivity contribution in [1.82, 2.24) is 44.9 Å². The Morgan fingerprint density at radius 3 is 2.43 bits per heavy atom. The van der Waals surface area contributed by atoms with Crippen molar-refractivity contribution in [2.45, 2.75) is 90.0 Å². The molecule has 1 saturated carbocycles. The molecule has 264 valence electrons. The molecule has 1 aliphatic carbocycles. The zero-order chi connectivity index (χ0) is 35.2. The molecule has 3 aromatic heterocycles. The number of benzene rings is 2. The average molecular weight is 690 g/mol. The Labute approximate surface area is 297 Å². The summed E-state index contributed by atoms with van der Waals surface area (Å²) in [5.41, 5.74) is 3.80. The molecule has 51 heavy (non-hydrogen) atoms. The van der Waals surface area contributed by atoms with Gasteiger partial charge in [-0.2, -0.15) is 5.26 Å². The predicted molar refractivity (Wildman–Crippen MR) is 189 cm³/mol. The van der Waals surface area contributed by atoms with E-state index in [4.69, 9.17) is 19.3 Å². The van der Waals surface area contributed by atoms with E-state index in [2.05, 4.69) is 60.3 Å². The minimum atomic E-state index is -0.273. The van der Waals surface area contributed by atoms with Gasteiger partial charge in [0.2, 0.25) is 5.95 Å². The molecule has 14 heteroatoms. The molecule has 0 unspecified atom stereocenters. The van der Waals surface area contributed by atoms with Crippen LogP contribution in [-0.4, -0.2) is 82.3 Å². The number of hydrogen-bond donors (Lipinski definition) is 1. The van der Waals surface area contributed by atoms with Gasteiger partial charge < -0.3 is 19.5 Å². The Balaban J connectivity index is 1.05. The second-order valence-electron chi connectivity index (χ2n) is 13.5. The number of hydrogen-bond acceptors (Lipinski definition) is 12. The van der Waals surface area contributed by atoms with Crippen molar-refractivity contribution in [3.63, 3.8) is 0 Å². The topological polar surface area (TPSA) is 154 Å². The number of nitrogens with one attached hydrogen (secondary N) is 1. The van der Waals surface area contributed by atoms with Crippen LogP contribution in [0.2, 0.25) is 0 Å². The van der Waals surface area contributed by atoms with Gasteiger partial charge in [0.1, 0.15) is 36.5 Å². The van der Waals surface area contributed by atoms with Gasteiger partial charge in [0.25, 0.3) is 5.88 Å². The lowest BCUT2D eigenvalue weighted by Gasteiger charge is -2.42. The van der Waals surface area contributed by atoms with Crippen LogP contribution in [0.25, 0.3) is 11.1 Å². The Morgan fingerprint density at radius 2 is 1.73 bits per heavy atom. The number of aromatic nitrogens is 8. The molecule has 3 atom stereocenters. The van der Waals surface area contributed by atoms with Crippen LogP contribution in [0.15, 0.2) is 73.4 Å². The van der Waals surface area contributed by atoms with Crippen molar-refractivity contribution in [1.29, 1.82) is 5.26 Å². The van der Waals surface area contributed by atoms with Crippen molar-refractivity contribution in [2.24, 2.45) is 0 Å². The maximum Gasteiger partial charge on any atom is 0.257 e. The van der Waals surface area contributed by atoms with Crippen LogP contribution in [0.3, 0.4) is 0 Å². The molecule has 0 amide bonds. The van der Waals surface area contributed by atoms with Crippen LogP contribution in [-0.2, 0) is 17.9 Å². The molecule has 1 aliphatic heterocycles. The smallest absolute Gasteiger partial charge is 0.257 e. The summed E-state index contributed by atoms with van der Waals surface area (Å²) >= 11 is 0. The monoisotopic (exact) mass is 689 g/mol. The maximum absolute atomic E-state index is 9.70. The van der Waals surface area contributed by atoms with Crippen molar-refractivity contribution in [3.8, 4) is 28.8 Å². The van der Waals surface area contributed by atoms with E-state index in [0.29, 0.717) is 48.0 Å². The minimum Gasteiger partial charge on any atom is -0.487 e. The quantitative estimate of drug-likeness (QED) is 0.174. The fourth-order valence-electron chi connectivity index (χ4n) is 7.02. The van der Waals surface area contributed by atoms with Gasteiger partial charge in [-0.25, -0.2) is 14.6 Å². The third-order valence-corrected chi connectivity index (χ3v) is 9.42. The first kappa shape index (κ1) is 34.1. The number of nitrogens with zero attached hydrogens (tertiary/aromatic N) is 10. The van der Waals surface area contributed by atoms with Crippen molar-refractivity contribution in [3.05, 3.63) is 84.6 Å². The van der Waals surface area contributed by atoms with E-state index in [1.807, 2.05) is 55.6 Å². The third kappa shape index (κ3) is 8.50. The van der Waals surface area contributed by atoms with Gasteiger partial charge in [-0.1, -0.05) is 36.4 Å². The summed E-state index contributed by atoms with van der Waals surface area (Å²) in [6.45, 7) is 9.06. The lowest BCUT2D eigenvalue weighted by molar-refractivity contribution is -0.0852. The molecule has 2 aliphatic rings. The molecule has 2 aromatic carbocycles. The highest BCUT2D eigenvalue weighted by Crippen LogP contribution is 2.36. The van der Waals surface area contributed by atoms with Crippen LogP contribution < -0.4 is 14.8 Å². The normalized spacial score (nSPS) is 21.5. The van der Waals surface area contributed by atoms with E-state index in [9.17, 15) is 5.26 Å². The molecule has 4 heterocycles. The van der Waals surface area contributed by atoms with E-state index in [1.54, 1.807) is 23.1 Å². The third-order valence-electron chi connectivity index (χ3n) is 9.42. The Hall–Kier alpha value is -5.39. The summed E-state index contributed by atoms with van der Waals surface area (Å²) < 4.78 is 22.0. The first-order chi connectivity index (χ1) is 24.9. The minimum absolute atomic E-state index is 0.269. The number of nitriles is 1. The zero-order valence-electron chi connectivity index (χ0n) is 29.2. The molecule has 2 fully saturated rings. The van der Waals surface area contributed by atoms with Crippen LogP contribution in [0.1, 0.15) is 63.6 Å². The molecule has 0 radical (unpaired) electrons. The first-order valence-corrected chi connectivity index (χ1v) is 17.6. The molecule has 0 bridgehead atoms. The maximum atomic E-state index is 9.70. The van der Waals surface area contributed by atoms with Crippen molar-refractivity contribution in [2.75, 3.05) is 18.4 Å². The molecule has 5 aromatic rings. The largest absolute Gasteiger partial charge is 0.487 e. The molecule has 7 rings (SSSR count). The van der Waals surface area contributed by atoms with Crippen molar-refractivity contribution < 1.29 is 14.2 Å². The summed E-state index contributed by atoms with van der Waals surface area (Å²) in [5.74, 6) is 1.39. The average Bonchev–Trinajstić information content (AvgIpc) is 3.81. The lowest BCUT2D eigenvalue weighted by Crippen LogP contribution is -2.51. The van der Waals surface area contributed by atoms with Gasteiger partial charge in [0, 0.05) is 37.1 Å². The second kappa shape index (κ2) is 15.7. The molecule has 14 nitrogen and oxygen atoms in total. The predicted octanol–water partition coefficient (Wildman–Crippen LogP) is 5.58. The molecule has 1 saturated heterocycles. The van der Waals surface area contributed by atoms with E-state index in [1.165, 1.54) is 6.33 Å². The molecule has 0 spiro atoms. The van der Waals surface area contributed by atoms with Crippen molar-refractivity contribution >= 4 is 11.6 Å². The standard InChI is InChI=1S/C37H43N11O3/c1-25-19-46(20-26(2)50-25)32-11-13-33(14-12-32)48-22-34(36(43-48)49-23-28-7-5-4-6-8-28)42-37-39-17-31(18-40-37)29-9-10-30(16-38)35(15-29)51-27(3)21-47-24-41-44-45-47/h4-10,15,17-18,22,24-27,32-33H,11-14,19-21,23H2,1-3H3,(H,39,40,42)/t25-,26+,27-,32-,33-/m0/s1. The van der Waals surface area contributed by atoms with Gasteiger partial charge in [-0.3, -0.25) is 9.58 Å². The number of morpholine rings is 1. The Bertz CT molecular complexity index is 1890. The number of rotatable bonds is 12. The Kier molecular flexibility index (Phi) is 10.5. The number of anilines is 2. The van der Waals surface area contributed by atoms with E-state index < -0.39 is 0 Å². The van der Waals surface area contributed by atoms with Gasteiger partial charge in [-0.15, -0.1) is 10.2 Å². The highest BCUT2D eigenvalue weighted by Gasteiger charge is 2.32. The summed E-state index contributed by atoms with van der Waals surface area (Å²) in [7, 11) is 0.